The molecule has 1 fully saturated rings. The molecule has 63 heavy (non-hydrogen) atoms. The zero-order valence-corrected chi connectivity index (χ0v) is 35.5. The van der Waals surface area contributed by atoms with Gasteiger partial charge in [0.05, 0.1) is 82.5 Å². The van der Waals surface area contributed by atoms with Gasteiger partial charge in [0.2, 0.25) is 0 Å². The molecule has 2 N–H and O–H groups in total. The summed E-state index contributed by atoms with van der Waals surface area (Å²) in [6.07, 6.45) is 0. The lowest BCUT2D eigenvalue weighted by molar-refractivity contribution is -0.0345. The Hall–Kier alpha value is -6.70. The van der Waals surface area contributed by atoms with Crippen molar-refractivity contribution >= 4 is 27.8 Å². The third kappa shape index (κ3) is 9.40. The van der Waals surface area contributed by atoms with Crippen molar-refractivity contribution in [2.24, 2.45) is 0 Å². The Morgan fingerprint density at radius 1 is 0.540 bits per heavy atom. The number of rotatable bonds is 19. The van der Waals surface area contributed by atoms with Crippen LogP contribution in [0.2, 0.25) is 0 Å². The highest BCUT2D eigenvalue weighted by Crippen LogP contribution is 2.41. The molecule has 12 nitrogen and oxygen atoms in total. The first-order valence-electron chi connectivity index (χ1n) is 21.3. The molecule has 0 saturated carbocycles. The van der Waals surface area contributed by atoms with Gasteiger partial charge in [-0.1, -0.05) is 54.6 Å². The summed E-state index contributed by atoms with van der Waals surface area (Å²) in [7, 11) is 3.33. The Labute approximate surface area is 366 Å². The van der Waals surface area contributed by atoms with Crippen molar-refractivity contribution in [1.29, 1.82) is 0 Å². The molecule has 12 heteroatoms. The second kappa shape index (κ2) is 19.6. The maximum Gasteiger partial charge on any atom is 0.143 e. The summed E-state index contributed by atoms with van der Waals surface area (Å²) in [6, 6.07) is 46.7. The monoisotopic (exact) mass is 845 g/mol. The number of nitrogens with one attached hydrogen (secondary N) is 2. The number of anilines is 1. The molecule has 1 saturated heterocycles. The number of hydrogen-bond acceptors (Lipinski definition) is 10. The molecule has 0 unspecified atom stereocenters. The van der Waals surface area contributed by atoms with E-state index in [0.29, 0.717) is 39.6 Å². The number of H-pyrrole nitrogens is 2. The van der Waals surface area contributed by atoms with E-state index in [1.165, 1.54) is 5.69 Å². The lowest BCUT2D eigenvalue weighted by atomic mass is 9.80. The van der Waals surface area contributed by atoms with Gasteiger partial charge in [-0.2, -0.15) is 0 Å². The molecule has 6 aromatic carbocycles. The fraction of sp³-hybridized carbons (Fsp3) is 0.255. The number of aromatic nitrogens is 4. The SMILES string of the molecule is COc1ccc(C(OCCOCCOCCOc2ccc(-c3nc4cc(-c5nc6cc(N7CCOCC7)ccc6[nH]5)ccc4[nH]3)cc2)(c2ccccc2)c2ccc(OC)cc2)cc1. The van der Waals surface area contributed by atoms with E-state index in [0.717, 1.165) is 105 Å². The lowest BCUT2D eigenvalue weighted by Gasteiger charge is -2.36. The lowest BCUT2D eigenvalue weighted by Crippen LogP contribution is -2.36. The number of aromatic amines is 2. The van der Waals surface area contributed by atoms with E-state index >= 15 is 0 Å². The molecule has 0 aliphatic carbocycles. The molecule has 8 aromatic rings. The average molecular weight is 846 g/mol. The minimum Gasteiger partial charge on any atom is -0.497 e. The van der Waals surface area contributed by atoms with Crippen molar-refractivity contribution in [1.82, 2.24) is 19.9 Å². The van der Waals surface area contributed by atoms with Gasteiger partial charge in [0, 0.05) is 29.9 Å². The van der Waals surface area contributed by atoms with Crippen molar-refractivity contribution in [3.63, 3.8) is 0 Å². The van der Waals surface area contributed by atoms with Crippen molar-refractivity contribution in [2.45, 2.75) is 5.60 Å². The molecule has 0 atom stereocenters. The Morgan fingerprint density at radius 3 is 1.70 bits per heavy atom. The van der Waals surface area contributed by atoms with E-state index in [2.05, 4.69) is 57.3 Å². The van der Waals surface area contributed by atoms with Crippen LogP contribution in [-0.2, 0) is 24.5 Å². The molecule has 0 amide bonds. The molecule has 2 aromatic heterocycles. The van der Waals surface area contributed by atoms with Crippen molar-refractivity contribution in [2.75, 3.05) is 85.1 Å². The highest BCUT2D eigenvalue weighted by Gasteiger charge is 2.37. The summed E-state index contributed by atoms with van der Waals surface area (Å²) in [4.78, 5) is 19.1. The number of imidazole rings is 2. The van der Waals surface area contributed by atoms with Crippen LogP contribution in [0.25, 0.3) is 44.8 Å². The zero-order valence-electron chi connectivity index (χ0n) is 35.5. The fourth-order valence-corrected chi connectivity index (χ4v) is 8.02. The van der Waals surface area contributed by atoms with Gasteiger partial charge in [0.1, 0.15) is 41.1 Å². The van der Waals surface area contributed by atoms with Crippen LogP contribution in [0.5, 0.6) is 17.2 Å². The highest BCUT2D eigenvalue weighted by molar-refractivity contribution is 5.87. The molecule has 9 rings (SSSR count). The first-order chi connectivity index (χ1) is 31.1. The first-order valence-corrected chi connectivity index (χ1v) is 21.3. The van der Waals surface area contributed by atoms with Gasteiger partial charge in [-0.3, -0.25) is 0 Å². The summed E-state index contributed by atoms with van der Waals surface area (Å²) in [5.74, 6) is 3.91. The summed E-state index contributed by atoms with van der Waals surface area (Å²) in [5.41, 5.74) is 8.93. The Morgan fingerprint density at radius 2 is 1.06 bits per heavy atom. The third-order valence-electron chi connectivity index (χ3n) is 11.3. The Balaban J connectivity index is 0.741. The largest absolute Gasteiger partial charge is 0.497 e. The molecular formula is C51H51N5O7. The number of hydrogen-bond donors (Lipinski definition) is 2. The van der Waals surface area contributed by atoms with Gasteiger partial charge >= 0.3 is 0 Å². The number of benzene rings is 6. The van der Waals surface area contributed by atoms with E-state index < -0.39 is 5.60 Å². The van der Waals surface area contributed by atoms with Gasteiger partial charge in [-0.05, 0) is 102 Å². The summed E-state index contributed by atoms with van der Waals surface area (Å²) in [5, 5.41) is 0. The van der Waals surface area contributed by atoms with E-state index in [1.807, 2.05) is 97.1 Å². The normalized spacial score (nSPS) is 13.1. The molecule has 1 aliphatic heterocycles. The number of methoxy groups -OCH3 is 2. The van der Waals surface area contributed by atoms with Crippen molar-refractivity contribution in [3.8, 4) is 40.0 Å². The second-order valence-corrected chi connectivity index (χ2v) is 15.2. The molecule has 0 spiro atoms. The molecule has 0 radical (unpaired) electrons. The molecule has 322 valence electrons. The third-order valence-corrected chi connectivity index (χ3v) is 11.3. The summed E-state index contributed by atoms with van der Waals surface area (Å²) < 4.78 is 41.1. The van der Waals surface area contributed by atoms with E-state index in [-0.39, 0.29) is 0 Å². The van der Waals surface area contributed by atoms with Crippen LogP contribution in [-0.4, -0.2) is 100 Å². The summed E-state index contributed by atoms with van der Waals surface area (Å²) in [6.45, 7) is 5.71. The first kappa shape index (κ1) is 41.6. The Bertz CT molecular complexity index is 2650. The van der Waals surface area contributed by atoms with Gasteiger partial charge in [-0.15, -0.1) is 0 Å². The maximum atomic E-state index is 6.85. The van der Waals surface area contributed by atoms with Gasteiger partial charge in [0.15, 0.2) is 0 Å². The van der Waals surface area contributed by atoms with Crippen LogP contribution >= 0.6 is 0 Å². The van der Waals surface area contributed by atoms with Crippen molar-refractivity contribution < 1.29 is 33.2 Å². The van der Waals surface area contributed by atoms with Crippen LogP contribution in [0.1, 0.15) is 16.7 Å². The molecular weight excluding hydrogens is 795 g/mol. The summed E-state index contributed by atoms with van der Waals surface area (Å²) >= 11 is 0. The number of fused-ring (bicyclic) bond motifs is 2. The average Bonchev–Trinajstić information content (AvgIpc) is 3.99. The minimum absolute atomic E-state index is 0.348. The maximum absolute atomic E-state index is 6.85. The molecule has 1 aliphatic rings. The van der Waals surface area contributed by atoms with Gasteiger partial charge < -0.3 is 48.0 Å². The van der Waals surface area contributed by atoms with E-state index in [1.54, 1.807) is 14.2 Å². The van der Waals surface area contributed by atoms with Gasteiger partial charge in [-0.25, -0.2) is 9.97 Å². The topological polar surface area (TPSA) is 125 Å². The zero-order chi connectivity index (χ0) is 42.9. The van der Waals surface area contributed by atoms with Crippen LogP contribution in [0.15, 0.2) is 140 Å². The van der Waals surface area contributed by atoms with Crippen LogP contribution in [0.3, 0.4) is 0 Å². The predicted octanol–water partition coefficient (Wildman–Crippen LogP) is 9.05. The second-order valence-electron chi connectivity index (χ2n) is 15.2. The quantitative estimate of drug-likeness (QED) is 0.0602. The minimum atomic E-state index is -0.891. The van der Waals surface area contributed by atoms with Crippen LogP contribution in [0.4, 0.5) is 5.69 Å². The number of ether oxygens (including phenoxy) is 7. The van der Waals surface area contributed by atoms with E-state index in [9.17, 15) is 0 Å². The van der Waals surface area contributed by atoms with E-state index in [4.69, 9.17) is 43.1 Å². The number of nitrogens with zero attached hydrogens (tertiary/aromatic N) is 3. The predicted molar refractivity (Wildman–Crippen MR) is 245 cm³/mol. The molecule has 0 bridgehead atoms. The highest BCUT2D eigenvalue weighted by atomic mass is 16.6. The van der Waals surface area contributed by atoms with Crippen LogP contribution < -0.4 is 19.1 Å². The van der Waals surface area contributed by atoms with Gasteiger partial charge in [0.25, 0.3) is 0 Å². The Kier molecular flexibility index (Phi) is 12.9. The molecule has 3 heterocycles. The smallest absolute Gasteiger partial charge is 0.143 e. The fourth-order valence-electron chi connectivity index (χ4n) is 8.02. The standard InChI is InChI=1S/C51H51N5O7/c1-57-42-18-11-39(12-19-42)51(38-6-4-3-5-7-38,40-13-20-43(58-2)21-14-40)63-33-31-61-29-28-60-30-32-62-44-16-8-36(9-17-44)49-52-45-22-10-37(34-47(45)54-49)50-53-46-23-15-41(35-48(46)55-50)56-24-26-59-27-25-56/h3-23,34-35H,24-33H2,1-2H3,(H,52,54)(H,53,55). The number of morpholine rings is 1. The van der Waals surface area contributed by atoms with Crippen molar-refractivity contribution in [3.05, 3.63) is 156 Å². The van der Waals surface area contributed by atoms with Crippen LogP contribution in [0, 0.1) is 0 Å².